The highest BCUT2D eigenvalue weighted by atomic mass is 32.2. The minimum absolute atomic E-state index is 0.195. The van der Waals surface area contributed by atoms with Crippen LogP contribution in [0.2, 0.25) is 0 Å². The maximum atomic E-state index is 11.9. The third kappa shape index (κ3) is 4.91. The summed E-state index contributed by atoms with van der Waals surface area (Å²) >= 11 is 1.84. The molecule has 2 rings (SSSR count). The van der Waals surface area contributed by atoms with Crippen LogP contribution in [-0.4, -0.2) is 43.2 Å². The van der Waals surface area contributed by atoms with Crippen molar-refractivity contribution in [3.05, 3.63) is 24.2 Å². The quantitative estimate of drug-likeness (QED) is 0.777. The van der Waals surface area contributed by atoms with E-state index in [1.54, 1.807) is 6.26 Å². The summed E-state index contributed by atoms with van der Waals surface area (Å²) in [7, 11) is 2.07. The summed E-state index contributed by atoms with van der Waals surface area (Å²) in [5.41, 5.74) is 0. The van der Waals surface area contributed by atoms with E-state index in [2.05, 4.69) is 17.3 Å². The Balaban J connectivity index is 1.48. The molecule has 1 amide bonds. The van der Waals surface area contributed by atoms with Crippen molar-refractivity contribution in [3.8, 4) is 0 Å². The Labute approximate surface area is 118 Å². The van der Waals surface area contributed by atoms with E-state index in [1.165, 1.54) is 0 Å². The second-order valence-corrected chi connectivity index (χ2v) is 6.13. The molecule has 5 heteroatoms. The molecule has 1 N–H and O–H groups in total. The van der Waals surface area contributed by atoms with Crippen molar-refractivity contribution in [1.82, 2.24) is 10.2 Å². The molecular formula is C14H22N2O2S. The molecule has 19 heavy (non-hydrogen) atoms. The molecule has 1 aromatic heterocycles. The zero-order valence-electron chi connectivity index (χ0n) is 11.4. The van der Waals surface area contributed by atoms with E-state index in [1.807, 2.05) is 23.9 Å². The van der Waals surface area contributed by atoms with Gasteiger partial charge in [0.1, 0.15) is 5.76 Å². The van der Waals surface area contributed by atoms with Gasteiger partial charge in [-0.15, -0.1) is 0 Å². The van der Waals surface area contributed by atoms with Gasteiger partial charge in [-0.05, 0) is 44.3 Å². The topological polar surface area (TPSA) is 45.5 Å². The van der Waals surface area contributed by atoms with Gasteiger partial charge in [-0.2, -0.15) is 11.8 Å². The highest BCUT2D eigenvalue weighted by molar-refractivity contribution is 7.98. The summed E-state index contributed by atoms with van der Waals surface area (Å²) in [6.07, 6.45) is 3.71. The first-order valence-electron chi connectivity index (χ1n) is 6.82. The van der Waals surface area contributed by atoms with Gasteiger partial charge >= 0.3 is 0 Å². The summed E-state index contributed by atoms with van der Waals surface area (Å²) in [4.78, 5) is 14.1. The summed E-state index contributed by atoms with van der Waals surface area (Å²) in [6.45, 7) is 2.72. The van der Waals surface area contributed by atoms with Crippen molar-refractivity contribution in [2.45, 2.75) is 18.6 Å². The normalized spacial score (nSPS) is 19.7. The third-order valence-corrected chi connectivity index (χ3v) is 4.42. The highest BCUT2D eigenvalue weighted by Gasteiger charge is 2.25. The van der Waals surface area contributed by atoms with Gasteiger partial charge in [-0.25, -0.2) is 0 Å². The minimum Gasteiger partial charge on any atom is -0.468 e. The van der Waals surface area contributed by atoms with Gasteiger partial charge in [0.05, 0.1) is 17.9 Å². The number of carbonyl (C=O) groups excluding carboxylic acids is 1. The highest BCUT2D eigenvalue weighted by Crippen LogP contribution is 2.15. The standard InChI is InChI=1S/C14H22N2O2S/c1-16-7-5-12(10-16)14(17)15-6-3-9-19-11-13-4-2-8-18-13/h2,4,8,12H,3,5-7,9-11H2,1H3,(H,15,17)/t12-/m1/s1. The summed E-state index contributed by atoms with van der Waals surface area (Å²) < 4.78 is 5.26. The number of furan rings is 1. The zero-order valence-corrected chi connectivity index (χ0v) is 12.2. The van der Waals surface area contributed by atoms with Crippen LogP contribution in [0.4, 0.5) is 0 Å². The van der Waals surface area contributed by atoms with Gasteiger partial charge in [0, 0.05) is 13.1 Å². The van der Waals surface area contributed by atoms with E-state index in [0.717, 1.165) is 49.7 Å². The Kier molecular flexibility index (Phi) is 5.79. The van der Waals surface area contributed by atoms with Crippen molar-refractivity contribution in [1.29, 1.82) is 0 Å². The number of thioether (sulfide) groups is 1. The predicted molar refractivity (Wildman–Crippen MR) is 78.1 cm³/mol. The molecule has 0 saturated carbocycles. The molecule has 0 radical (unpaired) electrons. The SMILES string of the molecule is CN1CC[C@@H](C(=O)NCCCSCc2ccco2)C1. The lowest BCUT2D eigenvalue weighted by molar-refractivity contribution is -0.124. The molecule has 1 atom stereocenters. The first-order valence-corrected chi connectivity index (χ1v) is 7.97. The Morgan fingerprint density at radius 1 is 1.63 bits per heavy atom. The number of nitrogens with zero attached hydrogens (tertiary/aromatic N) is 1. The Bertz CT molecular complexity index is 381. The van der Waals surface area contributed by atoms with Crippen LogP contribution in [0.15, 0.2) is 22.8 Å². The van der Waals surface area contributed by atoms with Crippen LogP contribution in [0.25, 0.3) is 0 Å². The lowest BCUT2D eigenvalue weighted by Gasteiger charge is -2.11. The molecule has 4 nitrogen and oxygen atoms in total. The van der Waals surface area contributed by atoms with Crippen LogP contribution in [-0.2, 0) is 10.5 Å². The minimum atomic E-state index is 0.195. The van der Waals surface area contributed by atoms with Crippen LogP contribution in [0.3, 0.4) is 0 Å². The van der Waals surface area contributed by atoms with Gasteiger partial charge in [0.15, 0.2) is 0 Å². The molecule has 0 unspecified atom stereocenters. The Hall–Kier alpha value is -0.940. The Morgan fingerprint density at radius 2 is 2.53 bits per heavy atom. The molecule has 0 bridgehead atoms. The maximum Gasteiger partial charge on any atom is 0.224 e. The van der Waals surface area contributed by atoms with Gasteiger partial charge in [0.2, 0.25) is 5.91 Å². The molecule has 1 aliphatic heterocycles. The lowest BCUT2D eigenvalue weighted by atomic mass is 10.1. The average Bonchev–Trinajstić information content (AvgIpc) is 3.04. The van der Waals surface area contributed by atoms with Gasteiger partial charge in [0.25, 0.3) is 0 Å². The molecule has 1 saturated heterocycles. The summed E-state index contributed by atoms with van der Waals surface area (Å²) in [5.74, 6) is 3.39. The zero-order chi connectivity index (χ0) is 13.5. The number of nitrogens with one attached hydrogen (secondary N) is 1. The van der Waals surface area contributed by atoms with Crippen LogP contribution < -0.4 is 5.32 Å². The number of rotatable bonds is 7. The van der Waals surface area contributed by atoms with Gasteiger partial charge < -0.3 is 14.6 Å². The molecule has 1 fully saturated rings. The fraction of sp³-hybridized carbons (Fsp3) is 0.643. The first-order chi connectivity index (χ1) is 9.25. The van der Waals surface area contributed by atoms with Crippen molar-refractivity contribution >= 4 is 17.7 Å². The fourth-order valence-corrected chi connectivity index (χ4v) is 3.10. The number of hydrogen-bond donors (Lipinski definition) is 1. The van der Waals surface area contributed by atoms with Gasteiger partial charge in [-0.3, -0.25) is 4.79 Å². The van der Waals surface area contributed by atoms with Crippen LogP contribution in [0.1, 0.15) is 18.6 Å². The second-order valence-electron chi connectivity index (χ2n) is 5.02. The number of amides is 1. The predicted octanol–water partition coefficient (Wildman–Crippen LogP) is 1.97. The average molecular weight is 282 g/mol. The van der Waals surface area contributed by atoms with Crippen molar-refractivity contribution in [2.75, 3.05) is 32.4 Å². The molecule has 0 aromatic carbocycles. The first kappa shape index (κ1) is 14.5. The second kappa shape index (κ2) is 7.60. The van der Waals surface area contributed by atoms with E-state index < -0.39 is 0 Å². The largest absolute Gasteiger partial charge is 0.468 e. The maximum absolute atomic E-state index is 11.9. The van der Waals surface area contributed by atoms with Crippen LogP contribution >= 0.6 is 11.8 Å². The third-order valence-electron chi connectivity index (χ3n) is 3.35. The van der Waals surface area contributed by atoms with Gasteiger partial charge in [-0.1, -0.05) is 0 Å². The molecule has 0 aliphatic carbocycles. The van der Waals surface area contributed by atoms with E-state index >= 15 is 0 Å². The van der Waals surface area contributed by atoms with E-state index in [9.17, 15) is 4.79 Å². The van der Waals surface area contributed by atoms with Crippen LogP contribution in [0.5, 0.6) is 0 Å². The molecule has 1 aromatic rings. The Morgan fingerprint density at radius 3 is 3.21 bits per heavy atom. The summed E-state index contributed by atoms with van der Waals surface area (Å²) in [6, 6.07) is 3.90. The van der Waals surface area contributed by atoms with Crippen LogP contribution in [0, 0.1) is 5.92 Å². The van der Waals surface area contributed by atoms with Crippen molar-refractivity contribution in [2.24, 2.45) is 5.92 Å². The monoisotopic (exact) mass is 282 g/mol. The van der Waals surface area contributed by atoms with E-state index in [-0.39, 0.29) is 11.8 Å². The smallest absolute Gasteiger partial charge is 0.224 e. The number of likely N-dealkylation sites (tertiary alicyclic amines) is 1. The van der Waals surface area contributed by atoms with Crippen molar-refractivity contribution < 1.29 is 9.21 Å². The molecule has 2 heterocycles. The van der Waals surface area contributed by atoms with E-state index in [4.69, 9.17) is 4.42 Å². The summed E-state index contributed by atoms with van der Waals surface area (Å²) in [5, 5.41) is 3.04. The number of carbonyl (C=O) groups is 1. The molecular weight excluding hydrogens is 260 g/mol. The number of hydrogen-bond acceptors (Lipinski definition) is 4. The van der Waals surface area contributed by atoms with Crippen molar-refractivity contribution in [3.63, 3.8) is 0 Å². The fourth-order valence-electron chi connectivity index (χ4n) is 2.25. The lowest BCUT2D eigenvalue weighted by Crippen LogP contribution is -2.33. The molecule has 106 valence electrons. The van der Waals surface area contributed by atoms with E-state index in [0.29, 0.717) is 0 Å². The molecule has 1 aliphatic rings. The molecule has 0 spiro atoms.